The zero-order valence-electron chi connectivity index (χ0n) is 24.4. The van der Waals surface area contributed by atoms with E-state index in [1.54, 1.807) is 31.2 Å². The first-order chi connectivity index (χ1) is 21.6. The van der Waals surface area contributed by atoms with Crippen LogP contribution < -0.4 is 10.1 Å². The van der Waals surface area contributed by atoms with E-state index in [0.717, 1.165) is 28.6 Å². The van der Waals surface area contributed by atoms with E-state index in [2.05, 4.69) is 5.32 Å². The lowest BCUT2D eigenvalue weighted by Gasteiger charge is -2.34. The van der Waals surface area contributed by atoms with Crippen molar-refractivity contribution in [1.29, 1.82) is 0 Å². The Morgan fingerprint density at radius 3 is 2.39 bits per heavy atom. The highest BCUT2D eigenvalue weighted by molar-refractivity contribution is 7.93. The monoisotopic (exact) mass is 715 g/mol. The molecule has 0 saturated heterocycles. The number of halogens is 4. The normalized spacial score (nSPS) is 19.1. The molecule has 1 N–H and O–H groups in total. The zero-order chi connectivity index (χ0) is 33.9. The van der Waals surface area contributed by atoms with Gasteiger partial charge in [-0.1, -0.05) is 41.4 Å². The van der Waals surface area contributed by atoms with Crippen LogP contribution in [-0.2, 0) is 19.9 Å². The van der Waals surface area contributed by atoms with Crippen molar-refractivity contribution in [2.45, 2.75) is 40.2 Å². The van der Waals surface area contributed by atoms with Crippen LogP contribution in [0, 0.1) is 10.1 Å². The Kier molecular flexibility index (Phi) is 10.9. The third-order valence-corrected chi connectivity index (χ3v) is 11.8. The molecule has 3 aromatic carbocycles. The van der Waals surface area contributed by atoms with Crippen molar-refractivity contribution in [1.82, 2.24) is 9.62 Å². The molecule has 46 heavy (non-hydrogen) atoms. The first-order valence-electron chi connectivity index (χ1n) is 13.7. The van der Waals surface area contributed by atoms with E-state index in [4.69, 9.17) is 27.9 Å². The molecule has 0 saturated carbocycles. The lowest BCUT2D eigenvalue weighted by atomic mass is 10.0. The number of nitrogens with zero attached hydrogens (tertiary/aromatic N) is 2. The summed E-state index contributed by atoms with van der Waals surface area (Å²) in [5.74, 6) is -0.469. The number of rotatable bonds is 13. The Morgan fingerprint density at radius 2 is 1.72 bits per heavy atom. The molecule has 1 aliphatic rings. The van der Waals surface area contributed by atoms with Gasteiger partial charge >= 0.3 is 0 Å². The third kappa shape index (κ3) is 7.42. The molecule has 0 amide bonds. The number of sulfone groups is 1. The van der Waals surface area contributed by atoms with Gasteiger partial charge in [0.25, 0.3) is 10.7 Å². The predicted molar refractivity (Wildman–Crippen MR) is 171 cm³/mol. The summed E-state index contributed by atoms with van der Waals surface area (Å²) in [6, 6.07) is 12.5. The van der Waals surface area contributed by atoms with Crippen LogP contribution in [0.5, 0.6) is 5.75 Å². The molecule has 0 aliphatic heterocycles. The molecular weight excluding hydrogens is 687 g/mol. The number of alkyl halides is 1. The molecule has 10 nitrogen and oxygen atoms in total. The van der Waals surface area contributed by atoms with E-state index < -0.39 is 53.4 Å². The van der Waals surface area contributed by atoms with Gasteiger partial charge in [-0.25, -0.2) is 29.9 Å². The van der Waals surface area contributed by atoms with Crippen LogP contribution in [-0.4, -0.2) is 57.3 Å². The van der Waals surface area contributed by atoms with Gasteiger partial charge in [-0.05, 0) is 74.0 Å². The topological polar surface area (TPSA) is 136 Å². The van der Waals surface area contributed by atoms with Crippen LogP contribution in [0.15, 0.2) is 101 Å². The van der Waals surface area contributed by atoms with Crippen molar-refractivity contribution >= 4 is 48.7 Å². The van der Waals surface area contributed by atoms with Gasteiger partial charge in [0.2, 0.25) is 19.9 Å². The SMILES string of the molecule is CC(NC1C=C(F)C=CC1(F)S(=O)(=O)c1ccc(Cl)cc1)c1ccccc1OCCCN(C)S(=O)(=O)c1ccc(Cl)c([N+](=O)[O-])c1. The molecular formula is C30H29Cl2F2N3O7S2. The average molecular weight is 717 g/mol. The van der Waals surface area contributed by atoms with E-state index in [1.807, 2.05) is 0 Å². The van der Waals surface area contributed by atoms with E-state index in [-0.39, 0.29) is 39.4 Å². The second-order valence-corrected chi connectivity index (χ2v) is 15.3. The predicted octanol–water partition coefficient (Wildman–Crippen LogP) is 6.57. The molecule has 3 atom stereocenters. The van der Waals surface area contributed by atoms with Crippen LogP contribution in [0.4, 0.5) is 14.5 Å². The fraction of sp³-hybridized carbons (Fsp3) is 0.267. The van der Waals surface area contributed by atoms with Gasteiger partial charge in [0.1, 0.15) is 16.6 Å². The maximum absolute atomic E-state index is 16.5. The molecule has 0 heterocycles. The van der Waals surface area contributed by atoms with E-state index in [1.165, 1.54) is 37.4 Å². The van der Waals surface area contributed by atoms with Crippen LogP contribution in [0.3, 0.4) is 0 Å². The van der Waals surface area contributed by atoms with Gasteiger partial charge in [0, 0.05) is 36.3 Å². The summed E-state index contributed by atoms with van der Waals surface area (Å²) in [5.41, 5.74) is -0.0274. The molecule has 1 aliphatic carbocycles. The van der Waals surface area contributed by atoms with Crippen LogP contribution in [0.1, 0.15) is 24.9 Å². The Hall–Kier alpha value is -3.40. The number of benzene rings is 3. The first kappa shape index (κ1) is 35.5. The average Bonchev–Trinajstić information content (AvgIpc) is 3.01. The number of hydrogen-bond acceptors (Lipinski definition) is 8. The highest BCUT2D eigenvalue weighted by atomic mass is 35.5. The second-order valence-electron chi connectivity index (χ2n) is 10.3. The van der Waals surface area contributed by atoms with Crippen LogP contribution in [0.25, 0.3) is 0 Å². The lowest BCUT2D eigenvalue weighted by molar-refractivity contribution is -0.384. The number of hydrogen-bond donors (Lipinski definition) is 1. The van der Waals surface area contributed by atoms with Gasteiger partial charge < -0.3 is 4.74 Å². The van der Waals surface area contributed by atoms with Crippen LogP contribution in [0.2, 0.25) is 10.0 Å². The maximum Gasteiger partial charge on any atom is 0.289 e. The molecule has 0 radical (unpaired) electrons. The number of sulfonamides is 1. The molecule has 0 bridgehead atoms. The largest absolute Gasteiger partial charge is 0.493 e. The number of para-hydroxylation sites is 1. The molecule has 3 unspecified atom stereocenters. The minimum Gasteiger partial charge on any atom is -0.493 e. The van der Waals surface area contributed by atoms with Gasteiger partial charge in [-0.2, -0.15) is 0 Å². The highest BCUT2D eigenvalue weighted by Gasteiger charge is 2.51. The van der Waals surface area contributed by atoms with Gasteiger partial charge in [-0.3, -0.25) is 15.4 Å². The van der Waals surface area contributed by atoms with Gasteiger partial charge in [0.05, 0.1) is 27.4 Å². The molecule has 0 aromatic heterocycles. The number of ether oxygens (including phenoxy) is 1. The second kappa shape index (κ2) is 14.2. The Labute approximate surface area is 275 Å². The number of nitro benzene ring substituents is 1. The van der Waals surface area contributed by atoms with Crippen molar-refractivity contribution in [3.05, 3.63) is 117 Å². The Bertz CT molecular complexity index is 1890. The van der Waals surface area contributed by atoms with Gasteiger partial charge in [0.15, 0.2) is 0 Å². The maximum atomic E-state index is 16.5. The molecule has 246 valence electrons. The summed E-state index contributed by atoms with van der Waals surface area (Å²) in [6.07, 6.45) is 2.51. The third-order valence-electron chi connectivity index (χ3n) is 7.27. The van der Waals surface area contributed by atoms with Gasteiger partial charge in [-0.15, -0.1) is 0 Å². The molecule has 0 spiro atoms. The quantitative estimate of drug-likeness (QED) is 0.119. The Morgan fingerprint density at radius 1 is 1.07 bits per heavy atom. The summed E-state index contributed by atoms with van der Waals surface area (Å²) in [6.45, 7) is 1.68. The molecule has 16 heteroatoms. The molecule has 3 aromatic rings. The highest BCUT2D eigenvalue weighted by Crippen LogP contribution is 2.38. The van der Waals surface area contributed by atoms with E-state index >= 15 is 4.39 Å². The standard InChI is InChI=1S/C30H29Cl2F2N3O7S2/c1-20(35-29-18-22(33)14-15-30(29,34)45(40,41)23-10-8-21(31)9-11-23)25-6-3-4-7-28(25)44-17-5-16-36(2)46(42,43)24-12-13-26(32)27(19-24)37(38)39/h3-4,6-15,18-20,29,35H,5,16-17H2,1-2H3. The minimum absolute atomic E-state index is 0.000136. The summed E-state index contributed by atoms with van der Waals surface area (Å²) < 4.78 is 90.5. The summed E-state index contributed by atoms with van der Waals surface area (Å²) in [7, 11) is -7.42. The number of nitro groups is 1. The first-order valence-corrected chi connectivity index (χ1v) is 17.4. The van der Waals surface area contributed by atoms with Crippen molar-refractivity contribution in [3.8, 4) is 5.75 Å². The fourth-order valence-electron chi connectivity index (χ4n) is 4.73. The Balaban J connectivity index is 1.45. The van der Waals surface area contributed by atoms with Crippen molar-refractivity contribution < 1.29 is 35.3 Å². The number of nitrogens with one attached hydrogen (secondary N) is 1. The summed E-state index contributed by atoms with van der Waals surface area (Å²) >= 11 is 11.7. The molecule has 0 fully saturated rings. The summed E-state index contributed by atoms with van der Waals surface area (Å²) in [4.78, 5) is 9.79. The van der Waals surface area contributed by atoms with Crippen molar-refractivity contribution in [2.75, 3.05) is 20.2 Å². The molecule has 4 rings (SSSR count). The lowest BCUT2D eigenvalue weighted by Crippen LogP contribution is -2.52. The number of allylic oxidation sites excluding steroid dienone is 2. The fourth-order valence-corrected chi connectivity index (χ4v) is 7.84. The van der Waals surface area contributed by atoms with E-state index in [9.17, 15) is 31.3 Å². The smallest absolute Gasteiger partial charge is 0.289 e. The van der Waals surface area contributed by atoms with Crippen LogP contribution >= 0.6 is 23.2 Å². The zero-order valence-corrected chi connectivity index (χ0v) is 27.6. The summed E-state index contributed by atoms with van der Waals surface area (Å²) in [5, 5.41) is 11.1. The minimum atomic E-state index is -4.67. The van der Waals surface area contributed by atoms with E-state index in [0.29, 0.717) is 17.4 Å². The van der Waals surface area contributed by atoms with Crippen molar-refractivity contribution in [3.63, 3.8) is 0 Å². The van der Waals surface area contributed by atoms with Crippen molar-refractivity contribution in [2.24, 2.45) is 0 Å².